The molecule has 1 aliphatic rings. The van der Waals surface area contributed by atoms with Gasteiger partial charge in [0.25, 0.3) is 5.91 Å². The van der Waals surface area contributed by atoms with Crippen LogP contribution in [0.5, 0.6) is 0 Å². The molecule has 1 amide bonds. The van der Waals surface area contributed by atoms with E-state index in [-0.39, 0.29) is 26.6 Å². The van der Waals surface area contributed by atoms with E-state index in [4.69, 9.17) is 5.73 Å². The van der Waals surface area contributed by atoms with Crippen LogP contribution in [0.15, 0.2) is 16.6 Å². The predicted octanol–water partition coefficient (Wildman–Crippen LogP) is 1.87. The van der Waals surface area contributed by atoms with Crippen LogP contribution in [0.25, 0.3) is 0 Å². The van der Waals surface area contributed by atoms with Gasteiger partial charge in [0.2, 0.25) is 0 Å². The van der Waals surface area contributed by atoms with Crippen LogP contribution in [0.2, 0.25) is 0 Å². The standard InChI is InChI=1S/C8H6BrIN2O/c9-4-1-5(8(11)13)7-6(2-4)10-3-12-7/h1-3,12H,(H2,11,13). The van der Waals surface area contributed by atoms with Crippen LogP contribution in [-0.4, -0.2) is 10.0 Å². The van der Waals surface area contributed by atoms with Gasteiger partial charge < -0.3 is 11.1 Å². The van der Waals surface area contributed by atoms with E-state index in [9.17, 15) is 4.79 Å². The molecule has 5 heteroatoms. The van der Waals surface area contributed by atoms with E-state index in [0.717, 1.165) is 10.2 Å². The molecule has 0 aromatic heterocycles. The smallest absolute Gasteiger partial charge is 0.250 e. The summed E-state index contributed by atoms with van der Waals surface area (Å²) in [5.41, 5.74) is 6.71. The monoisotopic (exact) mass is 352 g/mol. The fraction of sp³-hybridized carbons (Fsp3) is 0. The summed E-state index contributed by atoms with van der Waals surface area (Å²) in [7, 11) is 0. The van der Waals surface area contributed by atoms with Crippen LogP contribution >= 0.6 is 36.7 Å². The van der Waals surface area contributed by atoms with Gasteiger partial charge in [-0.05, 0) is 12.1 Å². The second-order valence-electron chi connectivity index (χ2n) is 2.54. The fourth-order valence-corrected chi connectivity index (χ4v) is 4.10. The van der Waals surface area contributed by atoms with Crippen molar-refractivity contribution in [1.82, 2.24) is 0 Å². The van der Waals surface area contributed by atoms with Gasteiger partial charge in [-0.1, -0.05) is 36.7 Å². The first kappa shape index (κ1) is 9.14. The SMILES string of the molecule is NC(=O)c1cc(Br)cc2c1NC=I2. The van der Waals surface area contributed by atoms with Crippen molar-refractivity contribution in [3.05, 3.63) is 25.7 Å². The van der Waals surface area contributed by atoms with Crippen molar-refractivity contribution in [1.29, 1.82) is 0 Å². The first-order valence-electron chi connectivity index (χ1n) is 3.53. The lowest BCUT2D eigenvalue weighted by Crippen LogP contribution is -2.13. The molecule has 3 nitrogen and oxygen atoms in total. The molecule has 0 atom stereocenters. The second kappa shape index (κ2) is 3.38. The fourth-order valence-electron chi connectivity index (χ4n) is 1.14. The number of nitrogens with one attached hydrogen (secondary N) is 1. The summed E-state index contributed by atoms with van der Waals surface area (Å²) >= 11 is 3.24. The Hall–Kier alpha value is -0.430. The molecule has 0 radical (unpaired) electrons. The number of carbonyl (C=O) groups is 1. The molecule has 0 aliphatic carbocycles. The highest BCUT2D eigenvalue weighted by Gasteiger charge is 2.15. The zero-order valence-electron chi connectivity index (χ0n) is 6.47. The summed E-state index contributed by atoms with van der Waals surface area (Å²) < 4.78 is 4.14. The van der Waals surface area contributed by atoms with Crippen molar-refractivity contribution in [2.24, 2.45) is 5.73 Å². The third-order valence-corrected chi connectivity index (χ3v) is 4.29. The first-order valence-corrected chi connectivity index (χ1v) is 6.65. The van der Waals surface area contributed by atoms with Gasteiger partial charge in [0, 0.05) is 12.2 Å². The lowest BCUT2D eigenvalue weighted by molar-refractivity contribution is 0.100. The van der Waals surface area contributed by atoms with Crippen molar-refractivity contribution in [2.75, 3.05) is 5.32 Å². The number of fused-ring (bicyclic) bond motifs is 1. The minimum absolute atomic E-state index is 0.110. The van der Waals surface area contributed by atoms with Crippen LogP contribution in [0.1, 0.15) is 10.4 Å². The minimum atomic E-state index is -0.385. The quantitative estimate of drug-likeness (QED) is 0.758. The third-order valence-electron chi connectivity index (χ3n) is 1.69. The summed E-state index contributed by atoms with van der Waals surface area (Å²) in [5.74, 6) is -0.385. The number of hydrogen-bond donors (Lipinski definition) is 2. The number of benzene rings is 1. The molecule has 13 heavy (non-hydrogen) atoms. The molecular weight excluding hydrogens is 347 g/mol. The van der Waals surface area contributed by atoms with Gasteiger partial charge in [-0.15, -0.1) is 0 Å². The van der Waals surface area contributed by atoms with Crippen LogP contribution in [0, 0.1) is 3.57 Å². The number of halogens is 2. The van der Waals surface area contributed by atoms with Gasteiger partial charge in [-0.2, -0.15) is 0 Å². The third kappa shape index (κ3) is 1.62. The molecule has 0 saturated carbocycles. The van der Waals surface area contributed by atoms with Crippen molar-refractivity contribution in [2.45, 2.75) is 0 Å². The summed E-state index contributed by atoms with van der Waals surface area (Å²) in [6, 6.07) is 3.78. The molecular formula is C8H6BrIN2O. The molecule has 1 heterocycles. The Morgan fingerprint density at radius 2 is 2.31 bits per heavy atom. The minimum Gasteiger partial charge on any atom is -0.366 e. The van der Waals surface area contributed by atoms with Crippen LogP contribution in [0.4, 0.5) is 5.69 Å². The molecule has 0 spiro atoms. The highest BCUT2D eigenvalue weighted by Crippen LogP contribution is 2.32. The number of amides is 1. The summed E-state index contributed by atoms with van der Waals surface area (Å²) in [4.78, 5) is 11.1. The molecule has 2 rings (SSSR count). The number of carbonyl (C=O) groups excluding carboxylic acids is 1. The maximum Gasteiger partial charge on any atom is 0.250 e. The van der Waals surface area contributed by atoms with Gasteiger partial charge in [0.05, 0.1) is 11.3 Å². The zero-order chi connectivity index (χ0) is 9.42. The maximum absolute atomic E-state index is 11.1. The van der Waals surface area contributed by atoms with E-state index in [1.807, 2.05) is 10.2 Å². The maximum atomic E-state index is 11.1. The molecule has 0 bridgehead atoms. The van der Waals surface area contributed by atoms with E-state index in [1.165, 1.54) is 3.57 Å². The number of nitrogens with two attached hydrogens (primary N) is 1. The summed E-state index contributed by atoms with van der Waals surface area (Å²) in [6.45, 7) is 0. The van der Waals surface area contributed by atoms with Gasteiger partial charge in [0.15, 0.2) is 0 Å². The second-order valence-corrected chi connectivity index (χ2v) is 5.86. The summed E-state index contributed by atoms with van der Waals surface area (Å²) in [6.07, 6.45) is 0. The van der Waals surface area contributed by atoms with Crippen molar-refractivity contribution < 1.29 is 4.79 Å². The summed E-state index contributed by atoms with van der Waals surface area (Å²) in [5, 5.41) is 3.08. The molecule has 68 valence electrons. The number of primary amides is 1. The number of hydrogen-bond acceptors (Lipinski definition) is 2. The Morgan fingerprint density at radius 3 is 3.00 bits per heavy atom. The normalized spacial score (nSPS) is 13.0. The first-order chi connectivity index (χ1) is 6.18. The highest BCUT2D eigenvalue weighted by molar-refractivity contribution is 14.2. The Kier molecular flexibility index (Phi) is 2.37. The van der Waals surface area contributed by atoms with Crippen LogP contribution < -0.4 is 11.1 Å². The van der Waals surface area contributed by atoms with E-state index in [2.05, 4.69) is 21.2 Å². The molecule has 0 saturated heterocycles. The molecule has 0 unspecified atom stereocenters. The van der Waals surface area contributed by atoms with Gasteiger partial charge >= 0.3 is 0 Å². The van der Waals surface area contributed by atoms with E-state index < -0.39 is 0 Å². The Labute approximate surface area is 93.6 Å². The van der Waals surface area contributed by atoms with E-state index in [1.54, 1.807) is 6.07 Å². The van der Waals surface area contributed by atoms with Crippen molar-refractivity contribution in [3.63, 3.8) is 0 Å². The highest BCUT2D eigenvalue weighted by atomic mass is 127. The van der Waals surface area contributed by atoms with Gasteiger partial charge in [0.1, 0.15) is 0 Å². The van der Waals surface area contributed by atoms with Crippen LogP contribution in [-0.2, 0) is 0 Å². The average molecular weight is 353 g/mol. The lowest BCUT2D eigenvalue weighted by atomic mass is 10.2. The lowest BCUT2D eigenvalue weighted by Gasteiger charge is -2.05. The van der Waals surface area contributed by atoms with E-state index >= 15 is 0 Å². The topological polar surface area (TPSA) is 55.1 Å². The van der Waals surface area contributed by atoms with Gasteiger partial charge in [-0.3, -0.25) is 4.79 Å². The average Bonchev–Trinajstić information content (AvgIpc) is 2.49. The predicted molar refractivity (Wildman–Crippen MR) is 65.1 cm³/mol. The molecule has 1 aliphatic heterocycles. The molecule has 1 aromatic rings. The molecule has 0 fully saturated rings. The number of rotatable bonds is 1. The van der Waals surface area contributed by atoms with Crippen molar-refractivity contribution in [3.8, 4) is 0 Å². The Balaban J connectivity index is 2.66. The van der Waals surface area contributed by atoms with E-state index in [0.29, 0.717) is 5.56 Å². The van der Waals surface area contributed by atoms with Gasteiger partial charge in [-0.25, -0.2) is 0 Å². The van der Waals surface area contributed by atoms with Crippen molar-refractivity contribution >= 4 is 52.4 Å². The van der Waals surface area contributed by atoms with Crippen LogP contribution in [0.3, 0.4) is 0 Å². The largest absolute Gasteiger partial charge is 0.366 e. The molecule has 1 aromatic carbocycles. The zero-order valence-corrected chi connectivity index (χ0v) is 10.2. The Morgan fingerprint density at radius 1 is 1.54 bits per heavy atom. The number of anilines is 1. The Bertz CT molecular complexity index is 417. The molecule has 3 N–H and O–H groups in total.